The van der Waals surface area contributed by atoms with Gasteiger partial charge in [0.15, 0.2) is 0 Å². The monoisotopic (exact) mass is 304 g/mol. The van der Waals surface area contributed by atoms with E-state index < -0.39 is 0 Å². The highest BCUT2D eigenvalue weighted by Gasteiger charge is 2.12. The van der Waals surface area contributed by atoms with Crippen molar-refractivity contribution >= 4 is 35.2 Å². The van der Waals surface area contributed by atoms with Crippen molar-refractivity contribution in [3.05, 3.63) is 58.3 Å². The first-order chi connectivity index (χ1) is 9.75. The largest absolute Gasteiger partial charge is 0.272 e. The Bertz CT molecular complexity index is 553. The van der Waals surface area contributed by atoms with Crippen molar-refractivity contribution in [3.8, 4) is 0 Å². The molecule has 1 aromatic heterocycles. The molecule has 0 radical (unpaired) electrons. The van der Waals surface area contributed by atoms with Gasteiger partial charge in [-0.3, -0.25) is 4.79 Å². The summed E-state index contributed by atoms with van der Waals surface area (Å²) in [6.07, 6.45) is 1.66. The normalized spacial score (nSPS) is 12.4. The summed E-state index contributed by atoms with van der Waals surface area (Å²) >= 11 is 3.19. The van der Waals surface area contributed by atoms with Gasteiger partial charge in [0, 0.05) is 10.6 Å². The fourth-order valence-corrected chi connectivity index (χ4v) is 2.91. The minimum atomic E-state index is -0.129. The third-order valence-electron chi connectivity index (χ3n) is 2.62. The molecule has 0 saturated heterocycles. The molecule has 0 spiro atoms. The number of carbonyl (C=O) groups excluding carboxylic acids is 1. The highest BCUT2D eigenvalue weighted by Crippen LogP contribution is 2.17. The maximum atomic E-state index is 11.9. The van der Waals surface area contributed by atoms with Crippen LogP contribution in [0.1, 0.15) is 17.4 Å². The van der Waals surface area contributed by atoms with E-state index in [9.17, 15) is 4.79 Å². The Morgan fingerprint density at radius 2 is 2.15 bits per heavy atom. The minimum absolute atomic E-state index is 0.0706. The molecular weight excluding hydrogens is 288 g/mol. The van der Waals surface area contributed by atoms with E-state index in [1.165, 1.54) is 5.56 Å². The first-order valence-electron chi connectivity index (χ1n) is 6.27. The number of nitrogens with zero attached hydrogens (tertiary/aromatic N) is 1. The molecule has 0 aliphatic carbocycles. The van der Waals surface area contributed by atoms with Gasteiger partial charge in [-0.15, -0.1) is 23.1 Å². The van der Waals surface area contributed by atoms with Crippen molar-refractivity contribution in [2.24, 2.45) is 5.10 Å². The third kappa shape index (κ3) is 4.83. The first kappa shape index (κ1) is 14.8. The summed E-state index contributed by atoms with van der Waals surface area (Å²) in [6.45, 7) is 1.89. The predicted octanol–water partition coefficient (Wildman–Crippen LogP) is 3.52. The Morgan fingerprint density at radius 1 is 1.35 bits per heavy atom. The molecule has 2 rings (SSSR count). The number of amides is 1. The average Bonchev–Trinajstić information content (AvgIpc) is 2.99. The van der Waals surface area contributed by atoms with Gasteiger partial charge in [-0.2, -0.15) is 5.10 Å². The molecular formula is C15H16N2OS2. The lowest BCUT2D eigenvalue weighted by molar-refractivity contribution is -0.120. The van der Waals surface area contributed by atoms with E-state index in [1.807, 2.05) is 42.6 Å². The van der Waals surface area contributed by atoms with Crippen molar-refractivity contribution < 1.29 is 4.79 Å². The second-order valence-electron chi connectivity index (χ2n) is 4.19. The van der Waals surface area contributed by atoms with E-state index in [2.05, 4.69) is 22.7 Å². The van der Waals surface area contributed by atoms with Crippen LogP contribution in [0.3, 0.4) is 0 Å². The summed E-state index contributed by atoms with van der Waals surface area (Å²) in [5.74, 6) is 0.753. The fraction of sp³-hybridized carbons (Fsp3) is 0.200. The molecule has 2 aromatic rings. The van der Waals surface area contributed by atoms with Crippen LogP contribution < -0.4 is 5.43 Å². The molecule has 1 aromatic carbocycles. The van der Waals surface area contributed by atoms with Crippen molar-refractivity contribution in [1.29, 1.82) is 0 Å². The summed E-state index contributed by atoms with van der Waals surface area (Å²) < 4.78 is 0. The van der Waals surface area contributed by atoms with Gasteiger partial charge in [-0.1, -0.05) is 36.4 Å². The molecule has 1 amide bonds. The molecule has 0 fully saturated rings. The standard InChI is InChI=1S/C15H16N2OS2/c1-12(20-11-13-6-3-2-4-7-13)15(18)17-16-10-14-8-5-9-19-14/h2-10,12H,11H2,1H3,(H,17,18)/b16-10-/t12-/m0/s1. The molecule has 0 saturated carbocycles. The summed E-state index contributed by atoms with van der Waals surface area (Å²) in [7, 11) is 0. The van der Waals surface area contributed by atoms with E-state index in [4.69, 9.17) is 0 Å². The van der Waals surface area contributed by atoms with Crippen molar-refractivity contribution in [2.75, 3.05) is 0 Å². The van der Waals surface area contributed by atoms with Crippen LogP contribution in [0.4, 0.5) is 0 Å². The van der Waals surface area contributed by atoms with Gasteiger partial charge in [0.25, 0.3) is 5.91 Å². The van der Waals surface area contributed by atoms with E-state index >= 15 is 0 Å². The van der Waals surface area contributed by atoms with Gasteiger partial charge in [-0.25, -0.2) is 5.43 Å². The molecule has 3 nitrogen and oxygen atoms in total. The predicted molar refractivity (Wildman–Crippen MR) is 87.3 cm³/mol. The third-order valence-corrected chi connectivity index (χ3v) is 4.64. The molecule has 0 unspecified atom stereocenters. The molecule has 0 bridgehead atoms. The quantitative estimate of drug-likeness (QED) is 0.655. The van der Waals surface area contributed by atoms with E-state index in [-0.39, 0.29) is 11.2 Å². The molecule has 0 aliphatic heterocycles. The zero-order valence-electron chi connectivity index (χ0n) is 11.2. The number of hydrogen-bond donors (Lipinski definition) is 1. The van der Waals surface area contributed by atoms with Gasteiger partial charge in [0.1, 0.15) is 0 Å². The summed E-state index contributed by atoms with van der Waals surface area (Å²) in [5.41, 5.74) is 3.79. The highest BCUT2D eigenvalue weighted by molar-refractivity contribution is 7.99. The number of benzene rings is 1. The van der Waals surface area contributed by atoms with Crippen molar-refractivity contribution in [3.63, 3.8) is 0 Å². The molecule has 1 atom stereocenters. The lowest BCUT2D eigenvalue weighted by atomic mass is 10.2. The van der Waals surface area contributed by atoms with E-state index in [0.29, 0.717) is 0 Å². The Balaban J connectivity index is 1.74. The number of thiophene rings is 1. The van der Waals surface area contributed by atoms with Gasteiger partial charge in [-0.05, 0) is 23.9 Å². The van der Waals surface area contributed by atoms with Crippen LogP contribution in [0, 0.1) is 0 Å². The topological polar surface area (TPSA) is 41.5 Å². The second kappa shape index (κ2) is 7.87. The Hall–Kier alpha value is -1.59. The lowest BCUT2D eigenvalue weighted by Gasteiger charge is -2.09. The Morgan fingerprint density at radius 3 is 2.85 bits per heavy atom. The van der Waals surface area contributed by atoms with Crippen molar-refractivity contribution in [2.45, 2.75) is 17.9 Å². The van der Waals surface area contributed by atoms with Crippen LogP contribution in [-0.2, 0) is 10.5 Å². The van der Waals surface area contributed by atoms with Gasteiger partial charge in [0.05, 0.1) is 11.5 Å². The summed E-state index contributed by atoms with van der Waals surface area (Å²) in [4.78, 5) is 12.9. The van der Waals surface area contributed by atoms with Crippen LogP contribution in [0.2, 0.25) is 0 Å². The molecule has 1 N–H and O–H groups in total. The zero-order chi connectivity index (χ0) is 14.2. The second-order valence-corrected chi connectivity index (χ2v) is 6.50. The van der Waals surface area contributed by atoms with Crippen LogP contribution in [0.15, 0.2) is 52.9 Å². The SMILES string of the molecule is C[C@H](SCc1ccccc1)C(=O)N/N=C\c1cccs1. The molecule has 1 heterocycles. The Kier molecular flexibility index (Phi) is 5.83. The number of nitrogens with one attached hydrogen (secondary N) is 1. The smallest absolute Gasteiger partial charge is 0.252 e. The summed E-state index contributed by atoms with van der Waals surface area (Å²) in [5, 5.41) is 5.81. The first-order valence-corrected chi connectivity index (χ1v) is 8.20. The van der Waals surface area contributed by atoms with Crippen LogP contribution in [0.25, 0.3) is 0 Å². The molecule has 0 aliphatic rings. The van der Waals surface area contributed by atoms with Crippen LogP contribution in [-0.4, -0.2) is 17.4 Å². The van der Waals surface area contributed by atoms with Crippen LogP contribution in [0.5, 0.6) is 0 Å². The maximum Gasteiger partial charge on any atom is 0.252 e. The maximum absolute atomic E-state index is 11.9. The van der Waals surface area contributed by atoms with Gasteiger partial charge in [0.2, 0.25) is 0 Å². The highest BCUT2D eigenvalue weighted by atomic mass is 32.2. The van der Waals surface area contributed by atoms with Gasteiger partial charge >= 0.3 is 0 Å². The number of hydrogen-bond acceptors (Lipinski definition) is 4. The van der Waals surface area contributed by atoms with Crippen LogP contribution >= 0.6 is 23.1 Å². The minimum Gasteiger partial charge on any atom is -0.272 e. The van der Waals surface area contributed by atoms with E-state index in [0.717, 1.165) is 10.6 Å². The number of hydrazone groups is 1. The van der Waals surface area contributed by atoms with E-state index in [1.54, 1.807) is 29.3 Å². The molecule has 20 heavy (non-hydrogen) atoms. The Labute approximate surface area is 127 Å². The molecule has 5 heteroatoms. The molecule has 104 valence electrons. The average molecular weight is 304 g/mol. The zero-order valence-corrected chi connectivity index (χ0v) is 12.8. The summed E-state index contributed by atoms with van der Waals surface area (Å²) in [6, 6.07) is 14.0. The van der Waals surface area contributed by atoms with Crippen molar-refractivity contribution in [1.82, 2.24) is 5.43 Å². The number of carbonyl (C=O) groups is 1. The fourth-order valence-electron chi connectivity index (χ4n) is 1.49. The van der Waals surface area contributed by atoms with Gasteiger partial charge < -0.3 is 0 Å². The lowest BCUT2D eigenvalue weighted by Crippen LogP contribution is -2.26. The number of rotatable bonds is 6. The number of thioether (sulfide) groups is 1.